The van der Waals surface area contributed by atoms with E-state index in [1.807, 2.05) is 31.2 Å². The van der Waals surface area contributed by atoms with E-state index in [0.29, 0.717) is 24.5 Å². The molecule has 2 heterocycles. The number of carbonyl (C=O) groups is 2. The van der Waals surface area contributed by atoms with Crippen molar-refractivity contribution in [3.05, 3.63) is 46.8 Å². The first-order chi connectivity index (χ1) is 14.2. The molecular formula is C21H27N3O5S. The van der Waals surface area contributed by atoms with Crippen LogP contribution in [-0.4, -0.2) is 44.6 Å². The minimum Gasteiger partial charge on any atom is -0.462 e. The van der Waals surface area contributed by atoms with E-state index in [4.69, 9.17) is 4.74 Å². The summed E-state index contributed by atoms with van der Waals surface area (Å²) in [5, 5.41) is 0. The standard InChI is InChI=1S/C21H27N3O5S/c1-5-23-14(3)19(21(26)29-6-2)20(15(23)4)30(27,28)22-13-18(25)24-12-11-16-9-7-8-10-17(16)24/h7-10,22H,5-6,11-13H2,1-4H3. The van der Waals surface area contributed by atoms with E-state index in [1.54, 1.807) is 30.2 Å². The Hall–Kier alpha value is -2.65. The number of nitrogens with zero attached hydrogens (tertiary/aromatic N) is 2. The van der Waals surface area contributed by atoms with Crippen molar-refractivity contribution >= 4 is 27.6 Å². The molecule has 1 aromatic heterocycles. The minimum atomic E-state index is -4.12. The number of fused-ring (bicyclic) bond motifs is 1. The molecule has 0 saturated heterocycles. The average molecular weight is 434 g/mol. The Bertz CT molecular complexity index is 1090. The number of benzene rings is 1. The fourth-order valence-corrected chi connectivity index (χ4v) is 5.48. The van der Waals surface area contributed by atoms with Crippen LogP contribution in [0, 0.1) is 13.8 Å². The number of para-hydroxylation sites is 1. The molecule has 0 bridgehead atoms. The number of ether oxygens (including phenoxy) is 1. The molecule has 162 valence electrons. The maximum absolute atomic E-state index is 13.1. The largest absolute Gasteiger partial charge is 0.462 e. The van der Waals surface area contributed by atoms with Gasteiger partial charge in [-0.2, -0.15) is 0 Å². The number of sulfonamides is 1. The van der Waals surface area contributed by atoms with Gasteiger partial charge in [-0.25, -0.2) is 17.9 Å². The summed E-state index contributed by atoms with van der Waals surface area (Å²) in [4.78, 5) is 26.7. The van der Waals surface area contributed by atoms with Crippen molar-refractivity contribution in [2.24, 2.45) is 0 Å². The molecule has 0 aliphatic carbocycles. The number of hydrogen-bond donors (Lipinski definition) is 1. The normalized spacial score (nSPS) is 13.4. The molecule has 9 heteroatoms. The lowest BCUT2D eigenvalue weighted by molar-refractivity contribution is -0.117. The molecule has 0 spiro atoms. The van der Waals surface area contributed by atoms with E-state index in [1.165, 1.54) is 0 Å². The fraction of sp³-hybridized carbons (Fsp3) is 0.429. The van der Waals surface area contributed by atoms with Crippen LogP contribution in [0.25, 0.3) is 0 Å². The summed E-state index contributed by atoms with van der Waals surface area (Å²) in [5.74, 6) is -1.03. The lowest BCUT2D eigenvalue weighted by atomic mass is 10.2. The van der Waals surface area contributed by atoms with E-state index >= 15 is 0 Å². The van der Waals surface area contributed by atoms with Gasteiger partial charge in [-0.05, 0) is 45.7 Å². The predicted molar refractivity (Wildman–Crippen MR) is 113 cm³/mol. The van der Waals surface area contributed by atoms with Crippen molar-refractivity contribution in [2.75, 3.05) is 24.6 Å². The van der Waals surface area contributed by atoms with Crippen LogP contribution in [0.5, 0.6) is 0 Å². The topological polar surface area (TPSA) is 97.7 Å². The molecule has 0 saturated carbocycles. The molecule has 1 aliphatic heterocycles. The quantitative estimate of drug-likeness (QED) is 0.675. The van der Waals surface area contributed by atoms with Crippen LogP contribution in [0.4, 0.5) is 5.69 Å². The van der Waals surface area contributed by atoms with Crippen LogP contribution in [0.2, 0.25) is 0 Å². The molecule has 3 rings (SSSR count). The predicted octanol–water partition coefficient (Wildman–Crippen LogP) is 2.17. The summed E-state index contributed by atoms with van der Waals surface area (Å²) < 4.78 is 35.5. The number of rotatable bonds is 7. The van der Waals surface area contributed by atoms with Gasteiger partial charge < -0.3 is 14.2 Å². The summed E-state index contributed by atoms with van der Waals surface area (Å²) >= 11 is 0. The Morgan fingerprint density at radius 1 is 1.13 bits per heavy atom. The Kier molecular flexibility index (Phi) is 6.33. The third kappa shape index (κ3) is 3.87. The highest BCUT2D eigenvalue weighted by Gasteiger charge is 2.33. The first-order valence-electron chi connectivity index (χ1n) is 9.97. The van der Waals surface area contributed by atoms with Crippen LogP contribution < -0.4 is 9.62 Å². The molecule has 0 fully saturated rings. The molecule has 2 aromatic rings. The lowest BCUT2D eigenvalue weighted by Gasteiger charge is -2.18. The number of esters is 1. The summed E-state index contributed by atoms with van der Waals surface area (Å²) in [6.45, 7) is 7.62. The molecule has 30 heavy (non-hydrogen) atoms. The van der Waals surface area contributed by atoms with Crippen molar-refractivity contribution in [1.29, 1.82) is 0 Å². The Morgan fingerprint density at radius 3 is 2.50 bits per heavy atom. The highest BCUT2D eigenvalue weighted by molar-refractivity contribution is 7.89. The number of amides is 1. The smallest absolute Gasteiger partial charge is 0.341 e. The molecule has 8 nitrogen and oxygen atoms in total. The molecule has 0 radical (unpaired) electrons. The van der Waals surface area contributed by atoms with E-state index in [2.05, 4.69) is 4.72 Å². The third-order valence-electron chi connectivity index (χ3n) is 5.39. The van der Waals surface area contributed by atoms with E-state index in [-0.39, 0.29) is 23.0 Å². The number of hydrogen-bond acceptors (Lipinski definition) is 5. The fourth-order valence-electron chi connectivity index (χ4n) is 4.02. The first-order valence-corrected chi connectivity index (χ1v) is 11.5. The van der Waals surface area contributed by atoms with Crippen LogP contribution in [-0.2, 0) is 32.5 Å². The van der Waals surface area contributed by atoms with Gasteiger partial charge in [-0.15, -0.1) is 0 Å². The zero-order chi connectivity index (χ0) is 22.1. The molecule has 1 aromatic carbocycles. The number of carbonyl (C=O) groups excluding carboxylic acids is 2. The van der Waals surface area contributed by atoms with Gasteiger partial charge in [0.1, 0.15) is 10.5 Å². The lowest BCUT2D eigenvalue weighted by Crippen LogP contribution is -2.39. The molecule has 0 atom stereocenters. The van der Waals surface area contributed by atoms with E-state index in [9.17, 15) is 18.0 Å². The average Bonchev–Trinajstić information content (AvgIpc) is 3.25. The van der Waals surface area contributed by atoms with E-state index < -0.39 is 22.5 Å². The van der Waals surface area contributed by atoms with Crippen molar-refractivity contribution in [2.45, 2.75) is 45.6 Å². The van der Waals surface area contributed by atoms with Gasteiger partial charge in [0, 0.05) is 30.2 Å². The third-order valence-corrected chi connectivity index (χ3v) is 6.95. The number of nitrogens with one attached hydrogen (secondary N) is 1. The van der Waals surface area contributed by atoms with Gasteiger partial charge in [0.15, 0.2) is 0 Å². The Labute approximate surface area is 176 Å². The van der Waals surface area contributed by atoms with Crippen molar-refractivity contribution in [1.82, 2.24) is 9.29 Å². The van der Waals surface area contributed by atoms with Gasteiger partial charge in [0.2, 0.25) is 15.9 Å². The Morgan fingerprint density at radius 2 is 1.83 bits per heavy atom. The van der Waals surface area contributed by atoms with Gasteiger partial charge in [-0.3, -0.25) is 4.79 Å². The zero-order valence-corrected chi connectivity index (χ0v) is 18.5. The number of anilines is 1. The van der Waals surface area contributed by atoms with Crippen LogP contribution in [0.3, 0.4) is 0 Å². The first kappa shape index (κ1) is 22.0. The summed E-state index contributed by atoms with van der Waals surface area (Å²) in [5.41, 5.74) is 2.84. The van der Waals surface area contributed by atoms with Crippen LogP contribution in [0.1, 0.15) is 41.2 Å². The monoisotopic (exact) mass is 433 g/mol. The highest BCUT2D eigenvalue weighted by atomic mass is 32.2. The van der Waals surface area contributed by atoms with Crippen molar-refractivity contribution < 1.29 is 22.7 Å². The maximum atomic E-state index is 13.1. The summed E-state index contributed by atoms with van der Waals surface area (Å²) in [6.07, 6.45) is 0.735. The second-order valence-electron chi connectivity index (χ2n) is 7.09. The van der Waals surface area contributed by atoms with Crippen molar-refractivity contribution in [3.8, 4) is 0 Å². The van der Waals surface area contributed by atoms with Gasteiger partial charge in [0.25, 0.3) is 0 Å². The molecule has 0 unspecified atom stereocenters. The van der Waals surface area contributed by atoms with Crippen LogP contribution in [0.15, 0.2) is 29.2 Å². The summed E-state index contributed by atoms with van der Waals surface area (Å²) in [7, 11) is -4.12. The van der Waals surface area contributed by atoms with Gasteiger partial charge >= 0.3 is 5.97 Å². The molecule has 1 N–H and O–H groups in total. The molecule has 1 aliphatic rings. The van der Waals surface area contributed by atoms with Crippen LogP contribution >= 0.6 is 0 Å². The molecular weight excluding hydrogens is 406 g/mol. The Balaban J connectivity index is 1.87. The molecule has 1 amide bonds. The zero-order valence-electron chi connectivity index (χ0n) is 17.7. The maximum Gasteiger partial charge on any atom is 0.341 e. The number of aromatic nitrogens is 1. The second kappa shape index (κ2) is 8.61. The van der Waals surface area contributed by atoms with Crippen molar-refractivity contribution in [3.63, 3.8) is 0 Å². The summed E-state index contributed by atoms with van der Waals surface area (Å²) in [6, 6.07) is 7.57. The van der Waals surface area contributed by atoms with Gasteiger partial charge in [0.05, 0.1) is 13.2 Å². The SMILES string of the molecule is CCOC(=O)c1c(S(=O)(=O)NCC(=O)N2CCc3ccccc32)c(C)n(CC)c1C. The second-order valence-corrected chi connectivity index (χ2v) is 8.79. The van der Waals surface area contributed by atoms with E-state index in [0.717, 1.165) is 17.7 Å². The minimum absolute atomic E-state index is 0.0164. The van der Waals surface area contributed by atoms with Gasteiger partial charge in [-0.1, -0.05) is 18.2 Å². The highest BCUT2D eigenvalue weighted by Crippen LogP contribution is 2.29.